The average Bonchev–Trinajstić information content (AvgIpc) is 2.03. The highest BCUT2D eigenvalue weighted by molar-refractivity contribution is 7.91. The van der Waals surface area contributed by atoms with Crippen LogP contribution in [-0.2, 0) is 9.73 Å². The summed E-state index contributed by atoms with van der Waals surface area (Å²) in [5, 5.41) is 0.108. The van der Waals surface area contributed by atoms with E-state index in [1.807, 2.05) is 13.8 Å². The Bertz CT molecular complexity index is 380. The molecule has 72 valence electrons. The van der Waals surface area contributed by atoms with Crippen LogP contribution in [0.3, 0.4) is 0 Å². The molecule has 0 saturated heterocycles. The molecule has 1 atom stereocenters. The lowest BCUT2D eigenvalue weighted by Crippen LogP contribution is -2.03. The number of nitrogens with one attached hydrogen (secondary N) is 1. The molecule has 4 nitrogen and oxygen atoms in total. The van der Waals surface area contributed by atoms with E-state index in [1.54, 1.807) is 12.4 Å². The van der Waals surface area contributed by atoms with Crippen molar-refractivity contribution in [1.82, 2.24) is 9.97 Å². The fraction of sp³-hybridized carbons (Fsp3) is 0.500. The molecule has 0 aliphatic carbocycles. The molecule has 0 aliphatic rings. The minimum Gasteiger partial charge on any atom is -0.246 e. The molecular formula is C8H13N3OS. The lowest BCUT2D eigenvalue weighted by Gasteiger charge is -2.04. The lowest BCUT2D eigenvalue weighted by molar-refractivity contribution is 0.669. The highest BCUT2D eigenvalue weighted by Gasteiger charge is 2.07. The molecule has 0 aromatic carbocycles. The van der Waals surface area contributed by atoms with Crippen molar-refractivity contribution in [2.24, 2.45) is 0 Å². The second-order valence-electron chi connectivity index (χ2n) is 3.30. The van der Waals surface area contributed by atoms with Crippen LogP contribution in [0.1, 0.15) is 25.3 Å². The molecule has 0 spiro atoms. The molecule has 0 radical (unpaired) electrons. The van der Waals surface area contributed by atoms with Crippen LogP contribution >= 0.6 is 0 Å². The first kappa shape index (κ1) is 10.1. The summed E-state index contributed by atoms with van der Waals surface area (Å²) in [6.45, 7) is 4.06. The Labute approximate surface area is 78.4 Å². The second-order valence-corrected chi connectivity index (χ2v) is 5.35. The smallest absolute Gasteiger partial charge is 0.226 e. The fourth-order valence-corrected chi connectivity index (χ4v) is 1.33. The summed E-state index contributed by atoms with van der Waals surface area (Å²) in [7, 11) is -2.77. The highest BCUT2D eigenvalue weighted by Crippen LogP contribution is 2.12. The molecule has 0 bridgehead atoms. The molecule has 0 amide bonds. The van der Waals surface area contributed by atoms with Gasteiger partial charge in [0.2, 0.25) is 5.16 Å². The molecule has 13 heavy (non-hydrogen) atoms. The topological polar surface area (TPSA) is 66.7 Å². The SMILES string of the molecule is CC(C)c1cnc(S(C)(=N)=O)nc1. The molecule has 0 fully saturated rings. The van der Waals surface area contributed by atoms with Gasteiger partial charge < -0.3 is 0 Å². The molecule has 1 N–H and O–H groups in total. The minimum atomic E-state index is -2.77. The second kappa shape index (κ2) is 3.41. The van der Waals surface area contributed by atoms with E-state index >= 15 is 0 Å². The first-order chi connectivity index (χ1) is 5.91. The van der Waals surface area contributed by atoms with E-state index in [2.05, 4.69) is 9.97 Å². The summed E-state index contributed by atoms with van der Waals surface area (Å²) >= 11 is 0. The van der Waals surface area contributed by atoms with Crippen LogP contribution in [0.25, 0.3) is 0 Å². The summed E-state index contributed by atoms with van der Waals surface area (Å²) in [4.78, 5) is 7.79. The molecule has 1 heterocycles. The number of hydrogen-bond donors (Lipinski definition) is 1. The number of aromatic nitrogens is 2. The normalized spacial score (nSPS) is 15.7. The molecule has 1 unspecified atom stereocenters. The van der Waals surface area contributed by atoms with Gasteiger partial charge in [0.25, 0.3) is 0 Å². The lowest BCUT2D eigenvalue weighted by atomic mass is 10.1. The van der Waals surface area contributed by atoms with Crippen molar-refractivity contribution in [3.63, 3.8) is 0 Å². The summed E-state index contributed by atoms with van der Waals surface area (Å²) in [5.74, 6) is 0.354. The molecule has 1 aromatic heterocycles. The van der Waals surface area contributed by atoms with Crippen LogP contribution in [0.15, 0.2) is 17.6 Å². The minimum absolute atomic E-state index is 0.108. The molecule has 0 saturated carbocycles. The Morgan fingerprint density at radius 2 is 1.85 bits per heavy atom. The molecule has 0 aliphatic heterocycles. The Kier molecular flexibility index (Phi) is 2.66. The summed E-state index contributed by atoms with van der Waals surface area (Å²) in [6, 6.07) is 0. The summed E-state index contributed by atoms with van der Waals surface area (Å²) < 4.78 is 18.5. The highest BCUT2D eigenvalue weighted by atomic mass is 32.2. The molecule has 1 rings (SSSR count). The molecular weight excluding hydrogens is 186 g/mol. The van der Waals surface area contributed by atoms with Crippen molar-refractivity contribution in [1.29, 1.82) is 4.78 Å². The van der Waals surface area contributed by atoms with E-state index in [0.29, 0.717) is 5.92 Å². The van der Waals surface area contributed by atoms with Gasteiger partial charge in [0.05, 0.1) is 0 Å². The van der Waals surface area contributed by atoms with Crippen LogP contribution in [0.2, 0.25) is 0 Å². The van der Waals surface area contributed by atoms with E-state index in [4.69, 9.17) is 4.78 Å². The van der Waals surface area contributed by atoms with Crippen LogP contribution in [0, 0.1) is 4.78 Å². The standard InChI is InChI=1S/C8H13N3OS/c1-6(2)7-4-10-8(11-5-7)13(3,9)12/h4-6,9H,1-3H3. The van der Waals surface area contributed by atoms with Gasteiger partial charge in [0, 0.05) is 18.6 Å². The number of nitrogens with zero attached hydrogens (tertiary/aromatic N) is 2. The van der Waals surface area contributed by atoms with E-state index < -0.39 is 9.73 Å². The largest absolute Gasteiger partial charge is 0.246 e. The van der Waals surface area contributed by atoms with Gasteiger partial charge in [-0.1, -0.05) is 13.8 Å². The van der Waals surface area contributed by atoms with Gasteiger partial charge in [0.15, 0.2) is 0 Å². The maximum atomic E-state index is 11.2. The van der Waals surface area contributed by atoms with Crippen molar-refractivity contribution < 1.29 is 4.21 Å². The van der Waals surface area contributed by atoms with Crippen LogP contribution in [-0.4, -0.2) is 20.4 Å². The Morgan fingerprint density at radius 3 is 2.15 bits per heavy atom. The quantitative estimate of drug-likeness (QED) is 0.736. The molecule has 5 heteroatoms. The van der Waals surface area contributed by atoms with E-state index in [0.717, 1.165) is 5.56 Å². The van der Waals surface area contributed by atoms with Gasteiger partial charge >= 0.3 is 0 Å². The zero-order valence-electron chi connectivity index (χ0n) is 7.94. The van der Waals surface area contributed by atoms with Crippen LogP contribution in [0.5, 0.6) is 0 Å². The van der Waals surface area contributed by atoms with E-state index in [9.17, 15) is 4.21 Å². The third-order valence-corrected chi connectivity index (χ3v) is 2.57. The number of rotatable bonds is 2. The zero-order chi connectivity index (χ0) is 10.1. The van der Waals surface area contributed by atoms with E-state index in [-0.39, 0.29) is 5.16 Å². The summed E-state index contributed by atoms with van der Waals surface area (Å²) in [6.07, 6.45) is 4.58. The first-order valence-electron chi connectivity index (χ1n) is 3.97. The van der Waals surface area contributed by atoms with Crippen molar-refractivity contribution in [3.05, 3.63) is 18.0 Å². The van der Waals surface area contributed by atoms with Crippen molar-refractivity contribution in [2.45, 2.75) is 24.9 Å². The number of hydrogen-bond acceptors (Lipinski definition) is 4. The van der Waals surface area contributed by atoms with Gasteiger partial charge in [-0.15, -0.1) is 0 Å². The van der Waals surface area contributed by atoms with E-state index in [1.165, 1.54) is 6.26 Å². The predicted octanol–water partition coefficient (Wildman–Crippen LogP) is 1.64. The van der Waals surface area contributed by atoms with Gasteiger partial charge in [0.1, 0.15) is 9.73 Å². The van der Waals surface area contributed by atoms with Gasteiger partial charge in [-0.3, -0.25) is 0 Å². The van der Waals surface area contributed by atoms with Crippen LogP contribution < -0.4 is 0 Å². The monoisotopic (exact) mass is 199 g/mol. The fourth-order valence-electron chi connectivity index (χ4n) is 0.825. The van der Waals surface area contributed by atoms with Crippen molar-refractivity contribution in [3.8, 4) is 0 Å². The maximum absolute atomic E-state index is 11.2. The summed E-state index contributed by atoms with van der Waals surface area (Å²) in [5.41, 5.74) is 0.993. The van der Waals surface area contributed by atoms with Crippen molar-refractivity contribution >= 4 is 9.73 Å². The predicted molar refractivity (Wildman–Crippen MR) is 51.2 cm³/mol. The Balaban J connectivity index is 3.08. The zero-order valence-corrected chi connectivity index (χ0v) is 8.76. The molecule has 1 aromatic rings. The average molecular weight is 199 g/mol. The van der Waals surface area contributed by atoms with Crippen molar-refractivity contribution in [2.75, 3.05) is 6.26 Å². The Morgan fingerprint density at radius 1 is 1.38 bits per heavy atom. The third-order valence-electron chi connectivity index (χ3n) is 1.66. The third kappa shape index (κ3) is 2.48. The maximum Gasteiger partial charge on any atom is 0.226 e. The van der Waals surface area contributed by atoms with Gasteiger partial charge in [-0.2, -0.15) is 0 Å². The van der Waals surface area contributed by atoms with Gasteiger partial charge in [-0.05, 0) is 11.5 Å². The first-order valence-corrected chi connectivity index (χ1v) is 5.93. The van der Waals surface area contributed by atoms with Crippen LogP contribution in [0.4, 0.5) is 0 Å². The van der Waals surface area contributed by atoms with Gasteiger partial charge in [-0.25, -0.2) is 19.0 Å². The Hall–Kier alpha value is -0.970.